The zero-order valence-corrected chi connectivity index (χ0v) is 14.3. The first kappa shape index (κ1) is 16.2. The summed E-state index contributed by atoms with van der Waals surface area (Å²) in [4.78, 5) is 10.6. The van der Waals surface area contributed by atoms with E-state index in [4.69, 9.17) is 4.74 Å². The summed E-state index contributed by atoms with van der Waals surface area (Å²) in [5.41, 5.74) is 0. The molecule has 2 aromatic heterocycles. The van der Waals surface area contributed by atoms with Gasteiger partial charge in [0.1, 0.15) is 4.21 Å². The molecule has 1 N–H and O–H groups in total. The Hall–Kier alpha value is -1.71. The number of ether oxygens (including phenoxy) is 1. The van der Waals surface area contributed by atoms with E-state index in [-0.39, 0.29) is 6.04 Å². The lowest BCUT2D eigenvalue weighted by atomic mass is 10.1. The largest absolute Gasteiger partial charge is 0.481 e. The molecule has 1 fully saturated rings. The fourth-order valence-corrected chi connectivity index (χ4v) is 4.80. The van der Waals surface area contributed by atoms with Gasteiger partial charge in [0.15, 0.2) is 0 Å². The van der Waals surface area contributed by atoms with Crippen LogP contribution in [-0.2, 0) is 10.0 Å². The van der Waals surface area contributed by atoms with Crippen LogP contribution in [0.3, 0.4) is 0 Å². The Bertz CT molecular complexity index is 741. The smallest absolute Gasteiger partial charge is 0.250 e. The molecule has 0 saturated carbocycles. The number of anilines is 1. The molecule has 0 amide bonds. The van der Waals surface area contributed by atoms with Gasteiger partial charge >= 0.3 is 0 Å². The third-order valence-corrected chi connectivity index (χ3v) is 6.60. The predicted molar refractivity (Wildman–Crippen MR) is 88.5 cm³/mol. The fraction of sp³-hybridized carbons (Fsp3) is 0.429. The predicted octanol–water partition coefficient (Wildman–Crippen LogP) is 1.49. The molecule has 9 heteroatoms. The molecule has 0 aliphatic carbocycles. The zero-order valence-electron chi connectivity index (χ0n) is 12.7. The summed E-state index contributed by atoms with van der Waals surface area (Å²) in [6.07, 6.45) is 3.09. The number of thiophene rings is 1. The zero-order chi connectivity index (χ0) is 16.3. The molecule has 0 aromatic carbocycles. The summed E-state index contributed by atoms with van der Waals surface area (Å²) in [5.74, 6) is 1.14. The van der Waals surface area contributed by atoms with Gasteiger partial charge in [0.2, 0.25) is 21.9 Å². The van der Waals surface area contributed by atoms with Crippen LogP contribution in [0.1, 0.15) is 12.8 Å². The molecule has 2 aromatic rings. The van der Waals surface area contributed by atoms with Gasteiger partial charge in [-0.1, -0.05) is 6.07 Å². The number of aromatic nitrogens is 2. The first-order valence-electron chi connectivity index (χ1n) is 7.26. The SMILES string of the molecule is COc1ccnc(N2CCC(NS(=O)(=O)c3cccs3)CC2)n1. The Balaban J connectivity index is 1.60. The standard InChI is InChI=1S/C14H18N4O3S2/c1-21-12-4-7-15-14(16-12)18-8-5-11(6-9-18)17-23(19,20)13-3-2-10-22-13/h2-4,7,10-11,17H,5-6,8-9H2,1H3. The Morgan fingerprint density at radius 1 is 1.35 bits per heavy atom. The normalized spacial score (nSPS) is 16.5. The van der Waals surface area contributed by atoms with Crippen molar-refractivity contribution in [1.82, 2.24) is 14.7 Å². The van der Waals surface area contributed by atoms with Crippen LogP contribution in [0.25, 0.3) is 0 Å². The number of nitrogens with one attached hydrogen (secondary N) is 1. The van der Waals surface area contributed by atoms with E-state index >= 15 is 0 Å². The Labute approximate surface area is 139 Å². The number of hydrogen-bond acceptors (Lipinski definition) is 7. The maximum atomic E-state index is 12.2. The Kier molecular flexibility index (Phi) is 4.79. The molecule has 3 heterocycles. The molecule has 0 radical (unpaired) electrons. The number of hydrogen-bond donors (Lipinski definition) is 1. The maximum absolute atomic E-state index is 12.2. The minimum Gasteiger partial charge on any atom is -0.481 e. The van der Waals surface area contributed by atoms with Crippen molar-refractivity contribution in [1.29, 1.82) is 0 Å². The minimum atomic E-state index is -3.41. The Morgan fingerprint density at radius 3 is 2.78 bits per heavy atom. The van der Waals surface area contributed by atoms with Gasteiger partial charge in [0, 0.05) is 31.4 Å². The van der Waals surface area contributed by atoms with E-state index in [1.54, 1.807) is 36.9 Å². The quantitative estimate of drug-likeness (QED) is 0.876. The molecule has 7 nitrogen and oxygen atoms in total. The molecule has 3 rings (SSSR count). The van der Waals surface area contributed by atoms with E-state index in [0.717, 1.165) is 0 Å². The van der Waals surface area contributed by atoms with Gasteiger partial charge in [0.25, 0.3) is 0 Å². The van der Waals surface area contributed by atoms with Crippen LogP contribution in [0.4, 0.5) is 5.95 Å². The summed E-state index contributed by atoms with van der Waals surface area (Å²) < 4.78 is 32.7. The van der Waals surface area contributed by atoms with Crippen LogP contribution in [0.15, 0.2) is 34.0 Å². The average Bonchev–Trinajstić information content (AvgIpc) is 3.11. The lowest BCUT2D eigenvalue weighted by molar-refractivity contribution is 0.395. The van der Waals surface area contributed by atoms with E-state index in [0.29, 0.717) is 42.0 Å². The topological polar surface area (TPSA) is 84.4 Å². The first-order chi connectivity index (χ1) is 11.1. The Morgan fingerprint density at radius 2 is 2.13 bits per heavy atom. The van der Waals surface area contributed by atoms with Crippen molar-refractivity contribution in [3.8, 4) is 5.88 Å². The highest BCUT2D eigenvalue weighted by atomic mass is 32.2. The van der Waals surface area contributed by atoms with Crippen molar-refractivity contribution in [2.75, 3.05) is 25.1 Å². The van der Waals surface area contributed by atoms with E-state index in [2.05, 4.69) is 14.7 Å². The fourth-order valence-electron chi connectivity index (χ4n) is 2.49. The third-order valence-electron chi connectivity index (χ3n) is 3.69. The van der Waals surface area contributed by atoms with E-state index in [1.165, 1.54) is 11.3 Å². The van der Waals surface area contributed by atoms with Crippen molar-refractivity contribution in [2.45, 2.75) is 23.1 Å². The van der Waals surface area contributed by atoms with Gasteiger partial charge < -0.3 is 9.64 Å². The van der Waals surface area contributed by atoms with Crippen LogP contribution in [-0.4, -0.2) is 44.6 Å². The van der Waals surface area contributed by atoms with Crippen molar-refractivity contribution in [3.63, 3.8) is 0 Å². The summed E-state index contributed by atoms with van der Waals surface area (Å²) in [7, 11) is -1.84. The van der Waals surface area contributed by atoms with Crippen LogP contribution in [0, 0.1) is 0 Å². The minimum absolute atomic E-state index is 0.0658. The second-order valence-electron chi connectivity index (χ2n) is 5.21. The first-order valence-corrected chi connectivity index (χ1v) is 9.62. The summed E-state index contributed by atoms with van der Waals surface area (Å²) in [6, 6.07) is 4.99. The van der Waals surface area contributed by atoms with Gasteiger partial charge in [-0.25, -0.2) is 18.1 Å². The van der Waals surface area contributed by atoms with Crippen LogP contribution in [0.2, 0.25) is 0 Å². The molecule has 23 heavy (non-hydrogen) atoms. The molecule has 0 unspecified atom stereocenters. The molecule has 124 valence electrons. The van der Waals surface area contributed by atoms with Crippen LogP contribution < -0.4 is 14.4 Å². The molecule has 1 aliphatic rings. The van der Waals surface area contributed by atoms with Crippen LogP contribution in [0.5, 0.6) is 5.88 Å². The second kappa shape index (κ2) is 6.81. The number of nitrogens with zero attached hydrogens (tertiary/aromatic N) is 3. The van der Waals surface area contributed by atoms with Crippen molar-refractivity contribution in [3.05, 3.63) is 29.8 Å². The highest BCUT2D eigenvalue weighted by molar-refractivity contribution is 7.91. The van der Waals surface area contributed by atoms with E-state index < -0.39 is 10.0 Å². The third kappa shape index (κ3) is 3.80. The molecule has 1 saturated heterocycles. The molecular weight excluding hydrogens is 336 g/mol. The highest BCUT2D eigenvalue weighted by Gasteiger charge is 2.26. The summed E-state index contributed by atoms with van der Waals surface area (Å²) in [6.45, 7) is 1.40. The molecule has 0 atom stereocenters. The van der Waals surface area contributed by atoms with Crippen molar-refractivity contribution >= 4 is 27.3 Å². The summed E-state index contributed by atoms with van der Waals surface area (Å²) in [5, 5.41) is 1.76. The second-order valence-corrected chi connectivity index (χ2v) is 8.10. The number of sulfonamides is 1. The molecular formula is C14H18N4O3S2. The molecule has 0 bridgehead atoms. The van der Waals surface area contributed by atoms with E-state index in [9.17, 15) is 8.42 Å². The summed E-state index contributed by atoms with van der Waals surface area (Å²) >= 11 is 1.23. The maximum Gasteiger partial charge on any atom is 0.250 e. The van der Waals surface area contributed by atoms with Gasteiger partial charge in [-0.15, -0.1) is 11.3 Å². The monoisotopic (exact) mass is 354 g/mol. The molecule has 0 spiro atoms. The van der Waals surface area contributed by atoms with Gasteiger partial charge in [-0.2, -0.15) is 4.98 Å². The van der Waals surface area contributed by atoms with Gasteiger partial charge in [-0.05, 0) is 24.3 Å². The van der Waals surface area contributed by atoms with E-state index in [1.807, 2.05) is 4.90 Å². The lowest BCUT2D eigenvalue weighted by Crippen LogP contribution is -2.45. The lowest BCUT2D eigenvalue weighted by Gasteiger charge is -2.32. The average molecular weight is 354 g/mol. The van der Waals surface area contributed by atoms with Gasteiger partial charge in [0.05, 0.1) is 7.11 Å². The van der Waals surface area contributed by atoms with Crippen LogP contribution >= 0.6 is 11.3 Å². The van der Waals surface area contributed by atoms with Crippen molar-refractivity contribution in [2.24, 2.45) is 0 Å². The number of methoxy groups -OCH3 is 1. The number of piperidine rings is 1. The number of rotatable bonds is 5. The van der Waals surface area contributed by atoms with Crippen molar-refractivity contribution < 1.29 is 13.2 Å². The van der Waals surface area contributed by atoms with Gasteiger partial charge in [-0.3, -0.25) is 0 Å². The highest BCUT2D eigenvalue weighted by Crippen LogP contribution is 2.21. The molecule has 1 aliphatic heterocycles.